The molecule has 4 nitrogen and oxygen atoms in total. The lowest BCUT2D eigenvalue weighted by Gasteiger charge is -2.13. The topological polar surface area (TPSA) is 42.7 Å². The van der Waals surface area contributed by atoms with E-state index in [-0.39, 0.29) is 0 Å². The number of nitrogens with one attached hydrogen (secondary N) is 1. The summed E-state index contributed by atoms with van der Waals surface area (Å²) in [5.74, 6) is 0. The summed E-state index contributed by atoms with van der Waals surface area (Å²) >= 11 is 0. The van der Waals surface area contributed by atoms with Gasteiger partial charge in [0.2, 0.25) is 0 Å². The second kappa shape index (κ2) is 5.31. The van der Waals surface area contributed by atoms with Gasteiger partial charge in [0.25, 0.3) is 0 Å². The molecule has 0 atom stereocenters. The average molecular weight is 244 g/mol. The third-order valence-electron chi connectivity index (χ3n) is 2.96. The van der Waals surface area contributed by atoms with E-state index in [1.165, 1.54) is 16.7 Å². The van der Waals surface area contributed by atoms with Gasteiger partial charge in [0.15, 0.2) is 0 Å². The van der Waals surface area contributed by atoms with Crippen molar-refractivity contribution in [1.82, 2.24) is 20.3 Å². The van der Waals surface area contributed by atoms with Crippen molar-refractivity contribution in [2.75, 3.05) is 0 Å². The largest absolute Gasteiger partial charge is 0.310 e. The molecule has 0 unspecified atom stereocenters. The summed E-state index contributed by atoms with van der Waals surface area (Å²) in [6.45, 7) is 7.27. The summed E-state index contributed by atoms with van der Waals surface area (Å²) in [6, 6.07) is 6.98. The predicted octanol–water partition coefficient (Wildman–Crippen LogP) is 2.29. The van der Waals surface area contributed by atoms with Crippen LogP contribution in [0.1, 0.15) is 25.0 Å². The van der Waals surface area contributed by atoms with Gasteiger partial charge in [-0.2, -0.15) is 0 Å². The highest BCUT2D eigenvalue weighted by molar-refractivity contribution is 5.64. The number of nitrogens with zero attached hydrogens (tertiary/aromatic N) is 3. The third-order valence-corrected chi connectivity index (χ3v) is 2.96. The first-order valence-corrected chi connectivity index (χ1v) is 6.26. The van der Waals surface area contributed by atoms with Crippen LogP contribution in [-0.2, 0) is 13.6 Å². The maximum absolute atomic E-state index is 4.01. The van der Waals surface area contributed by atoms with Gasteiger partial charge in [-0.25, -0.2) is 4.68 Å². The number of hydrogen-bond donors (Lipinski definition) is 1. The van der Waals surface area contributed by atoms with Crippen molar-refractivity contribution in [3.05, 3.63) is 35.5 Å². The number of aryl methyl sites for hydroxylation is 2. The van der Waals surface area contributed by atoms with Gasteiger partial charge in [-0.1, -0.05) is 36.8 Å². The van der Waals surface area contributed by atoms with Gasteiger partial charge < -0.3 is 5.32 Å². The Balaban J connectivity index is 2.38. The molecule has 0 fully saturated rings. The predicted molar refractivity (Wildman–Crippen MR) is 73.2 cm³/mol. The number of rotatable bonds is 4. The van der Waals surface area contributed by atoms with E-state index in [2.05, 4.69) is 54.6 Å². The number of hydrogen-bond acceptors (Lipinski definition) is 3. The van der Waals surface area contributed by atoms with Crippen LogP contribution in [0.2, 0.25) is 0 Å². The summed E-state index contributed by atoms with van der Waals surface area (Å²) in [5.41, 5.74) is 4.79. The molecule has 0 spiro atoms. The monoisotopic (exact) mass is 244 g/mol. The Labute approximate surface area is 108 Å². The molecule has 0 amide bonds. The molecule has 0 radical (unpaired) electrons. The average Bonchev–Trinajstić information content (AvgIpc) is 2.73. The Hall–Kier alpha value is -1.68. The Morgan fingerprint density at radius 1 is 1.33 bits per heavy atom. The molecular formula is C14H20N4. The maximum Gasteiger partial charge on any atom is 0.0885 e. The summed E-state index contributed by atoms with van der Waals surface area (Å²) in [4.78, 5) is 0. The minimum Gasteiger partial charge on any atom is -0.310 e. The standard InChI is InChI=1S/C14H20N4/c1-10(2)15-8-12-6-5-11(3)7-13(12)14-9-16-17-18(14)4/h5-7,9-10,15H,8H2,1-4H3. The van der Waals surface area contributed by atoms with E-state index in [4.69, 9.17) is 0 Å². The lowest BCUT2D eigenvalue weighted by atomic mass is 10.0. The van der Waals surface area contributed by atoms with E-state index in [0.717, 1.165) is 12.2 Å². The molecule has 1 aromatic heterocycles. The van der Waals surface area contributed by atoms with Crippen molar-refractivity contribution in [3.63, 3.8) is 0 Å². The molecule has 18 heavy (non-hydrogen) atoms. The lowest BCUT2D eigenvalue weighted by Crippen LogP contribution is -2.22. The first-order chi connectivity index (χ1) is 8.58. The third kappa shape index (κ3) is 2.76. The fourth-order valence-corrected chi connectivity index (χ4v) is 1.93. The maximum atomic E-state index is 4.01. The van der Waals surface area contributed by atoms with E-state index in [1.54, 1.807) is 0 Å². The fourth-order valence-electron chi connectivity index (χ4n) is 1.93. The SMILES string of the molecule is Cc1ccc(CNC(C)C)c(-c2cnnn2C)c1. The van der Waals surface area contributed by atoms with Crippen LogP contribution in [0.15, 0.2) is 24.4 Å². The first-order valence-electron chi connectivity index (χ1n) is 6.26. The molecule has 1 aromatic carbocycles. The molecule has 0 saturated carbocycles. The van der Waals surface area contributed by atoms with Crippen molar-refractivity contribution < 1.29 is 0 Å². The van der Waals surface area contributed by atoms with Crippen LogP contribution >= 0.6 is 0 Å². The van der Waals surface area contributed by atoms with Crippen molar-refractivity contribution in [2.24, 2.45) is 7.05 Å². The Bertz CT molecular complexity index is 528. The van der Waals surface area contributed by atoms with E-state index in [1.807, 2.05) is 17.9 Å². The van der Waals surface area contributed by atoms with Crippen LogP contribution in [0.3, 0.4) is 0 Å². The van der Waals surface area contributed by atoms with Crippen molar-refractivity contribution in [3.8, 4) is 11.3 Å². The van der Waals surface area contributed by atoms with E-state index < -0.39 is 0 Å². The lowest BCUT2D eigenvalue weighted by molar-refractivity contribution is 0.589. The zero-order valence-corrected chi connectivity index (χ0v) is 11.4. The number of aromatic nitrogens is 3. The van der Waals surface area contributed by atoms with Gasteiger partial charge in [-0.3, -0.25) is 0 Å². The van der Waals surface area contributed by atoms with Gasteiger partial charge in [-0.15, -0.1) is 5.10 Å². The molecular weight excluding hydrogens is 224 g/mol. The van der Waals surface area contributed by atoms with Gasteiger partial charge >= 0.3 is 0 Å². The molecule has 0 aliphatic carbocycles. The number of benzene rings is 1. The summed E-state index contributed by atoms with van der Waals surface area (Å²) in [7, 11) is 1.92. The van der Waals surface area contributed by atoms with Crippen LogP contribution < -0.4 is 5.32 Å². The molecule has 1 heterocycles. The van der Waals surface area contributed by atoms with Crippen molar-refractivity contribution >= 4 is 0 Å². The smallest absolute Gasteiger partial charge is 0.0885 e. The Kier molecular flexibility index (Phi) is 3.77. The quantitative estimate of drug-likeness (QED) is 0.897. The molecule has 0 aliphatic heterocycles. The van der Waals surface area contributed by atoms with Gasteiger partial charge in [0.1, 0.15) is 0 Å². The Morgan fingerprint density at radius 2 is 2.11 bits per heavy atom. The van der Waals surface area contributed by atoms with Crippen LogP contribution in [0.4, 0.5) is 0 Å². The van der Waals surface area contributed by atoms with Gasteiger partial charge in [-0.05, 0) is 18.6 Å². The summed E-state index contributed by atoms with van der Waals surface area (Å²) in [6.07, 6.45) is 1.81. The van der Waals surface area contributed by atoms with Crippen molar-refractivity contribution in [1.29, 1.82) is 0 Å². The minimum atomic E-state index is 0.476. The highest BCUT2D eigenvalue weighted by atomic mass is 15.4. The highest BCUT2D eigenvalue weighted by Gasteiger charge is 2.10. The van der Waals surface area contributed by atoms with Crippen LogP contribution in [0, 0.1) is 6.92 Å². The van der Waals surface area contributed by atoms with Crippen molar-refractivity contribution in [2.45, 2.75) is 33.4 Å². The van der Waals surface area contributed by atoms with Crippen LogP contribution in [-0.4, -0.2) is 21.0 Å². The first kappa shape index (κ1) is 12.8. The van der Waals surface area contributed by atoms with Gasteiger partial charge in [0.05, 0.1) is 11.9 Å². The van der Waals surface area contributed by atoms with E-state index in [9.17, 15) is 0 Å². The molecule has 0 aliphatic rings. The molecule has 4 heteroatoms. The van der Waals surface area contributed by atoms with Gasteiger partial charge in [0, 0.05) is 25.2 Å². The van der Waals surface area contributed by atoms with E-state index in [0.29, 0.717) is 6.04 Å². The second-order valence-corrected chi connectivity index (χ2v) is 4.94. The molecule has 0 bridgehead atoms. The molecule has 2 rings (SSSR count). The normalized spacial score (nSPS) is 11.2. The van der Waals surface area contributed by atoms with E-state index >= 15 is 0 Å². The molecule has 0 saturated heterocycles. The second-order valence-electron chi connectivity index (χ2n) is 4.94. The minimum absolute atomic E-state index is 0.476. The summed E-state index contributed by atoms with van der Waals surface area (Å²) in [5, 5.41) is 11.4. The zero-order chi connectivity index (χ0) is 13.1. The summed E-state index contributed by atoms with van der Waals surface area (Å²) < 4.78 is 1.81. The van der Waals surface area contributed by atoms with Crippen LogP contribution in [0.5, 0.6) is 0 Å². The highest BCUT2D eigenvalue weighted by Crippen LogP contribution is 2.23. The molecule has 1 N–H and O–H groups in total. The molecule has 96 valence electrons. The van der Waals surface area contributed by atoms with Crippen LogP contribution in [0.25, 0.3) is 11.3 Å². The molecule has 2 aromatic rings. The Morgan fingerprint density at radius 3 is 2.72 bits per heavy atom. The fraction of sp³-hybridized carbons (Fsp3) is 0.429. The zero-order valence-electron chi connectivity index (χ0n) is 11.4.